The average Bonchev–Trinajstić information content (AvgIpc) is 2.86. The van der Waals surface area contributed by atoms with Gasteiger partial charge in [-0.3, -0.25) is 13.9 Å². The Morgan fingerprint density at radius 3 is 2.31 bits per heavy atom. The second-order valence-electron chi connectivity index (χ2n) is 9.11. The lowest BCUT2D eigenvalue weighted by Gasteiger charge is -2.33. The van der Waals surface area contributed by atoms with Gasteiger partial charge in [-0.25, -0.2) is 12.8 Å². The van der Waals surface area contributed by atoms with Crippen LogP contribution in [-0.2, 0) is 26.2 Å². The molecule has 0 bridgehead atoms. The molecule has 0 radical (unpaired) electrons. The van der Waals surface area contributed by atoms with Crippen molar-refractivity contribution >= 4 is 27.5 Å². The van der Waals surface area contributed by atoms with Crippen LogP contribution in [0.2, 0.25) is 0 Å². The molecule has 196 valence electrons. The number of anilines is 1. The number of carbonyl (C=O) groups is 2. The monoisotopic (exact) mass is 519 g/mol. The number of rotatable bonds is 10. The molecule has 1 aliphatic rings. The third-order valence-electron chi connectivity index (χ3n) is 6.43. The normalized spacial score (nSPS) is 15.1. The summed E-state index contributed by atoms with van der Waals surface area (Å²) in [6.07, 6.45) is 5.92. The standard InChI is InChI=1S/C26H34FN3O5S/c1-19(26(32)28-21-9-5-4-6-10-21)29(17-20-13-15-22(35-2)16-14-20)25(31)18-30(36(3,33)34)24-12-8-7-11-23(24)27/h7-8,11-16,19,21H,4-6,9-10,17-18H2,1-3H3,(H,28,32)/t19-/m0/s1. The molecular weight excluding hydrogens is 485 g/mol. The first-order valence-electron chi connectivity index (χ1n) is 12.0. The lowest BCUT2D eigenvalue weighted by atomic mass is 9.95. The summed E-state index contributed by atoms with van der Waals surface area (Å²) in [5.74, 6) is -1.05. The quantitative estimate of drug-likeness (QED) is 0.519. The molecular formula is C26H34FN3O5S. The van der Waals surface area contributed by atoms with E-state index in [0.717, 1.165) is 54.3 Å². The number of hydrogen-bond acceptors (Lipinski definition) is 5. The van der Waals surface area contributed by atoms with Gasteiger partial charge in [0, 0.05) is 12.6 Å². The van der Waals surface area contributed by atoms with Crippen LogP contribution < -0.4 is 14.4 Å². The molecule has 1 N–H and O–H groups in total. The first kappa shape index (κ1) is 27.4. The van der Waals surface area contributed by atoms with Crippen molar-refractivity contribution in [1.29, 1.82) is 0 Å². The maximum Gasteiger partial charge on any atom is 0.244 e. The number of halogens is 1. The zero-order chi connectivity index (χ0) is 26.3. The number of sulfonamides is 1. The number of para-hydroxylation sites is 1. The highest BCUT2D eigenvalue weighted by molar-refractivity contribution is 7.92. The highest BCUT2D eigenvalue weighted by atomic mass is 32.2. The number of hydrogen-bond donors (Lipinski definition) is 1. The van der Waals surface area contributed by atoms with Gasteiger partial charge in [0.1, 0.15) is 24.2 Å². The van der Waals surface area contributed by atoms with E-state index in [-0.39, 0.29) is 24.2 Å². The number of nitrogens with zero attached hydrogens (tertiary/aromatic N) is 2. The molecule has 1 saturated carbocycles. The molecule has 2 aromatic rings. The van der Waals surface area contributed by atoms with E-state index in [1.165, 1.54) is 23.1 Å². The maximum absolute atomic E-state index is 14.5. The van der Waals surface area contributed by atoms with Gasteiger partial charge in [-0.05, 0) is 49.6 Å². The van der Waals surface area contributed by atoms with Crippen molar-refractivity contribution in [3.63, 3.8) is 0 Å². The van der Waals surface area contributed by atoms with Gasteiger partial charge in [0.05, 0.1) is 19.1 Å². The molecule has 0 saturated heterocycles. The molecule has 0 unspecified atom stereocenters. The topological polar surface area (TPSA) is 96.0 Å². The molecule has 1 aliphatic carbocycles. The van der Waals surface area contributed by atoms with Crippen molar-refractivity contribution in [2.45, 2.75) is 57.7 Å². The zero-order valence-corrected chi connectivity index (χ0v) is 21.8. The van der Waals surface area contributed by atoms with Crippen LogP contribution in [0.1, 0.15) is 44.6 Å². The van der Waals surface area contributed by atoms with E-state index in [9.17, 15) is 22.4 Å². The van der Waals surface area contributed by atoms with Crippen LogP contribution in [0, 0.1) is 5.82 Å². The third-order valence-corrected chi connectivity index (χ3v) is 7.56. The summed E-state index contributed by atoms with van der Waals surface area (Å²) in [7, 11) is -2.44. The molecule has 1 atom stereocenters. The number of nitrogens with one attached hydrogen (secondary N) is 1. The van der Waals surface area contributed by atoms with Crippen molar-refractivity contribution in [1.82, 2.24) is 10.2 Å². The van der Waals surface area contributed by atoms with E-state index < -0.39 is 34.3 Å². The molecule has 0 spiro atoms. The van der Waals surface area contributed by atoms with Crippen molar-refractivity contribution in [3.8, 4) is 5.75 Å². The van der Waals surface area contributed by atoms with Gasteiger partial charge in [0.25, 0.3) is 0 Å². The predicted molar refractivity (Wildman–Crippen MR) is 137 cm³/mol. The van der Waals surface area contributed by atoms with E-state index in [1.54, 1.807) is 38.3 Å². The van der Waals surface area contributed by atoms with Crippen LogP contribution in [0.25, 0.3) is 0 Å². The van der Waals surface area contributed by atoms with Gasteiger partial charge in [-0.2, -0.15) is 0 Å². The summed E-state index contributed by atoms with van der Waals surface area (Å²) in [5.41, 5.74) is 0.510. The summed E-state index contributed by atoms with van der Waals surface area (Å²) >= 11 is 0. The maximum atomic E-state index is 14.5. The molecule has 1 fully saturated rings. The smallest absolute Gasteiger partial charge is 0.244 e. The minimum Gasteiger partial charge on any atom is -0.497 e. The van der Waals surface area contributed by atoms with Crippen LogP contribution in [-0.4, -0.2) is 57.1 Å². The average molecular weight is 520 g/mol. The van der Waals surface area contributed by atoms with E-state index >= 15 is 0 Å². The third kappa shape index (κ3) is 7.19. The Labute approximate surface area is 212 Å². The van der Waals surface area contributed by atoms with Crippen LogP contribution in [0.5, 0.6) is 5.75 Å². The molecule has 8 nitrogen and oxygen atoms in total. The molecule has 0 aliphatic heterocycles. The first-order valence-corrected chi connectivity index (χ1v) is 13.9. The summed E-state index contributed by atoms with van der Waals surface area (Å²) in [4.78, 5) is 28.0. The Kier molecular flexibility index (Phi) is 9.31. The van der Waals surface area contributed by atoms with Crippen molar-refractivity contribution < 1.29 is 27.1 Å². The summed E-state index contributed by atoms with van der Waals surface area (Å²) < 4.78 is 45.5. The van der Waals surface area contributed by atoms with Gasteiger partial charge in [0.15, 0.2) is 0 Å². The van der Waals surface area contributed by atoms with Crippen molar-refractivity contribution in [2.24, 2.45) is 0 Å². The summed E-state index contributed by atoms with van der Waals surface area (Å²) in [5, 5.41) is 3.04. The van der Waals surface area contributed by atoms with Crippen LogP contribution in [0.4, 0.5) is 10.1 Å². The van der Waals surface area contributed by atoms with Gasteiger partial charge in [0.2, 0.25) is 21.8 Å². The van der Waals surface area contributed by atoms with Gasteiger partial charge in [-0.15, -0.1) is 0 Å². The molecule has 0 aromatic heterocycles. The minimum absolute atomic E-state index is 0.0533. The first-order chi connectivity index (χ1) is 17.1. The van der Waals surface area contributed by atoms with E-state index in [4.69, 9.17) is 4.74 Å². The number of ether oxygens (including phenoxy) is 1. The van der Waals surface area contributed by atoms with E-state index in [0.29, 0.717) is 5.75 Å². The fourth-order valence-electron chi connectivity index (χ4n) is 4.33. The fourth-order valence-corrected chi connectivity index (χ4v) is 5.18. The van der Waals surface area contributed by atoms with Gasteiger partial charge < -0.3 is 15.0 Å². The Hall–Kier alpha value is -3.14. The highest BCUT2D eigenvalue weighted by Crippen LogP contribution is 2.23. The fraction of sp³-hybridized carbons (Fsp3) is 0.462. The molecule has 2 amide bonds. The van der Waals surface area contributed by atoms with E-state index in [1.807, 2.05) is 0 Å². The van der Waals surface area contributed by atoms with E-state index in [2.05, 4.69) is 5.32 Å². The van der Waals surface area contributed by atoms with Crippen LogP contribution in [0.3, 0.4) is 0 Å². The van der Waals surface area contributed by atoms with Crippen molar-refractivity contribution in [3.05, 3.63) is 59.9 Å². The van der Waals surface area contributed by atoms with Gasteiger partial charge in [-0.1, -0.05) is 43.5 Å². The number of benzene rings is 2. The predicted octanol–water partition coefficient (Wildman–Crippen LogP) is 3.47. The van der Waals surface area contributed by atoms with Crippen LogP contribution >= 0.6 is 0 Å². The second-order valence-corrected chi connectivity index (χ2v) is 11.0. The molecule has 10 heteroatoms. The van der Waals surface area contributed by atoms with Gasteiger partial charge >= 0.3 is 0 Å². The van der Waals surface area contributed by atoms with Crippen LogP contribution in [0.15, 0.2) is 48.5 Å². The Morgan fingerprint density at radius 1 is 1.08 bits per heavy atom. The molecule has 2 aromatic carbocycles. The lowest BCUT2D eigenvalue weighted by Crippen LogP contribution is -2.53. The summed E-state index contributed by atoms with van der Waals surface area (Å²) in [6.45, 7) is 1.04. The Morgan fingerprint density at radius 2 is 1.72 bits per heavy atom. The summed E-state index contributed by atoms with van der Waals surface area (Å²) in [6, 6.07) is 11.6. The lowest BCUT2D eigenvalue weighted by molar-refractivity contribution is -0.139. The zero-order valence-electron chi connectivity index (χ0n) is 20.9. The minimum atomic E-state index is -3.99. The number of carbonyl (C=O) groups excluding carboxylic acids is 2. The Balaban J connectivity index is 1.87. The SMILES string of the molecule is COc1ccc(CN(C(=O)CN(c2ccccc2F)S(C)(=O)=O)[C@@H](C)C(=O)NC2CCCCC2)cc1. The molecule has 36 heavy (non-hydrogen) atoms. The Bertz CT molecular complexity index is 1150. The number of methoxy groups -OCH3 is 1. The van der Waals surface area contributed by atoms with Crippen molar-refractivity contribution in [2.75, 3.05) is 24.2 Å². The molecule has 0 heterocycles. The highest BCUT2D eigenvalue weighted by Gasteiger charge is 2.31. The largest absolute Gasteiger partial charge is 0.497 e. The number of amides is 2. The second kappa shape index (κ2) is 12.2. The molecule has 3 rings (SSSR count).